The van der Waals surface area contributed by atoms with Crippen molar-refractivity contribution in [1.29, 1.82) is 0 Å². The summed E-state index contributed by atoms with van der Waals surface area (Å²) in [5.41, 5.74) is 0.840. The number of rotatable bonds is 8. The summed E-state index contributed by atoms with van der Waals surface area (Å²) in [4.78, 5) is 13.6. The molecule has 3 aromatic rings. The molecule has 0 aliphatic heterocycles. The fraction of sp³-hybridized carbons (Fsp3) is 0.286. The van der Waals surface area contributed by atoms with Crippen molar-refractivity contribution in [3.63, 3.8) is 0 Å². The summed E-state index contributed by atoms with van der Waals surface area (Å²) >= 11 is 1.17. The second kappa shape index (κ2) is 9.69. The molecule has 8 nitrogen and oxygen atoms in total. The van der Waals surface area contributed by atoms with Gasteiger partial charge in [0, 0.05) is 19.7 Å². The van der Waals surface area contributed by atoms with Crippen LogP contribution in [0.5, 0.6) is 17.2 Å². The molecule has 0 saturated heterocycles. The number of nitrogens with zero attached hydrogens (tertiary/aromatic N) is 4. The Labute approximate surface area is 183 Å². The molecule has 1 amide bonds. The number of hydrogen-bond acceptors (Lipinski definition) is 7. The molecule has 0 aliphatic rings. The maximum absolute atomic E-state index is 14.7. The summed E-state index contributed by atoms with van der Waals surface area (Å²) in [7, 11) is 7.88. The van der Waals surface area contributed by atoms with E-state index in [9.17, 15) is 9.18 Å². The Morgan fingerprint density at radius 3 is 2.26 bits per heavy atom. The van der Waals surface area contributed by atoms with Gasteiger partial charge in [0.05, 0.1) is 32.8 Å². The van der Waals surface area contributed by atoms with Gasteiger partial charge in [-0.1, -0.05) is 23.9 Å². The van der Waals surface area contributed by atoms with Gasteiger partial charge in [-0.25, -0.2) is 4.39 Å². The first-order chi connectivity index (χ1) is 14.9. The van der Waals surface area contributed by atoms with Crippen molar-refractivity contribution in [2.75, 3.05) is 41.2 Å². The Hall–Kier alpha value is -3.27. The smallest absolute Gasteiger partial charge is 0.232 e. The molecular formula is C21H23FN4O4S. The van der Waals surface area contributed by atoms with E-state index in [4.69, 9.17) is 14.2 Å². The predicted octanol–water partition coefficient (Wildman–Crippen LogP) is 3.28. The van der Waals surface area contributed by atoms with E-state index in [2.05, 4.69) is 10.2 Å². The number of benzene rings is 2. The largest absolute Gasteiger partial charge is 0.493 e. The molecule has 3 rings (SSSR count). The fourth-order valence-corrected chi connectivity index (χ4v) is 3.79. The first kappa shape index (κ1) is 22.4. The molecule has 1 aromatic heterocycles. The van der Waals surface area contributed by atoms with Gasteiger partial charge in [-0.15, -0.1) is 10.2 Å². The Kier molecular flexibility index (Phi) is 7.01. The summed E-state index contributed by atoms with van der Waals surface area (Å²) in [5, 5.41) is 8.88. The van der Waals surface area contributed by atoms with Gasteiger partial charge < -0.3 is 19.1 Å². The average Bonchev–Trinajstić information content (AvgIpc) is 3.20. The van der Waals surface area contributed by atoms with E-state index in [1.54, 1.807) is 49.0 Å². The summed E-state index contributed by atoms with van der Waals surface area (Å²) in [6.07, 6.45) is 0. The number of hydrogen-bond donors (Lipinski definition) is 0. The maximum atomic E-state index is 14.7. The third-order valence-corrected chi connectivity index (χ3v) is 5.39. The third-order valence-electron chi connectivity index (χ3n) is 4.47. The van der Waals surface area contributed by atoms with E-state index in [1.807, 2.05) is 0 Å². The van der Waals surface area contributed by atoms with Crippen LogP contribution in [0.2, 0.25) is 0 Å². The minimum Gasteiger partial charge on any atom is -0.493 e. The summed E-state index contributed by atoms with van der Waals surface area (Å²) in [6, 6.07) is 9.72. The Morgan fingerprint density at radius 1 is 1.06 bits per heavy atom. The van der Waals surface area contributed by atoms with Crippen LogP contribution >= 0.6 is 11.8 Å². The van der Waals surface area contributed by atoms with Crippen LogP contribution in [-0.4, -0.2) is 66.7 Å². The van der Waals surface area contributed by atoms with Gasteiger partial charge >= 0.3 is 0 Å². The van der Waals surface area contributed by atoms with Gasteiger partial charge in [0.25, 0.3) is 0 Å². The number of carbonyl (C=O) groups excluding carboxylic acids is 1. The molecule has 31 heavy (non-hydrogen) atoms. The lowest BCUT2D eigenvalue weighted by Gasteiger charge is -2.15. The third kappa shape index (κ3) is 4.58. The van der Waals surface area contributed by atoms with E-state index in [0.717, 1.165) is 0 Å². The van der Waals surface area contributed by atoms with E-state index in [-0.39, 0.29) is 17.3 Å². The molecule has 0 bridgehead atoms. The summed E-state index contributed by atoms with van der Waals surface area (Å²) in [5.74, 6) is 1.24. The van der Waals surface area contributed by atoms with Crippen LogP contribution in [0.1, 0.15) is 0 Å². The molecule has 0 radical (unpaired) electrons. The van der Waals surface area contributed by atoms with Crippen LogP contribution in [0, 0.1) is 5.82 Å². The predicted molar refractivity (Wildman–Crippen MR) is 116 cm³/mol. The van der Waals surface area contributed by atoms with Crippen LogP contribution in [0.25, 0.3) is 17.1 Å². The second-order valence-electron chi connectivity index (χ2n) is 6.58. The Balaban J connectivity index is 2.17. The van der Waals surface area contributed by atoms with Crippen molar-refractivity contribution in [1.82, 2.24) is 19.7 Å². The molecule has 0 spiro atoms. The molecule has 2 aromatic carbocycles. The first-order valence-corrected chi connectivity index (χ1v) is 10.2. The van der Waals surface area contributed by atoms with Gasteiger partial charge in [0.15, 0.2) is 22.5 Å². The van der Waals surface area contributed by atoms with E-state index in [0.29, 0.717) is 33.8 Å². The molecule has 0 atom stereocenters. The Bertz CT molecular complexity index is 1060. The lowest BCUT2D eigenvalue weighted by atomic mass is 10.1. The number of methoxy groups -OCH3 is 3. The van der Waals surface area contributed by atoms with Crippen LogP contribution < -0.4 is 14.2 Å². The minimum atomic E-state index is -0.447. The SMILES string of the molecule is COc1cc(-c2nnc(SCC(=O)N(C)C)n2-c2ccccc2F)cc(OC)c1OC. The van der Waals surface area contributed by atoms with Crippen molar-refractivity contribution in [2.24, 2.45) is 0 Å². The van der Waals surface area contributed by atoms with E-state index in [1.165, 1.54) is 44.1 Å². The van der Waals surface area contributed by atoms with Crippen LogP contribution in [0.3, 0.4) is 0 Å². The zero-order chi connectivity index (χ0) is 22.5. The summed E-state index contributed by atoms with van der Waals surface area (Å²) in [6.45, 7) is 0. The number of aromatic nitrogens is 3. The first-order valence-electron chi connectivity index (χ1n) is 9.24. The standard InChI is InChI=1S/C21H23FN4O4S/c1-25(2)18(27)12-31-21-24-23-20(26(21)15-9-7-6-8-14(15)22)13-10-16(28-3)19(30-5)17(11-13)29-4/h6-11H,12H2,1-5H3. The molecule has 1 heterocycles. The fourth-order valence-electron chi connectivity index (χ4n) is 2.87. The quantitative estimate of drug-likeness (QED) is 0.492. The van der Waals surface area contributed by atoms with Crippen molar-refractivity contribution in [2.45, 2.75) is 5.16 Å². The lowest BCUT2D eigenvalue weighted by molar-refractivity contribution is -0.125. The van der Waals surface area contributed by atoms with Crippen molar-refractivity contribution < 1.29 is 23.4 Å². The van der Waals surface area contributed by atoms with Gasteiger partial charge in [0.1, 0.15) is 5.82 Å². The number of carbonyl (C=O) groups is 1. The number of halogens is 1. The van der Waals surface area contributed by atoms with Gasteiger partial charge in [-0.05, 0) is 24.3 Å². The molecule has 10 heteroatoms. The normalized spacial score (nSPS) is 10.6. The molecule has 164 valence electrons. The highest BCUT2D eigenvalue weighted by molar-refractivity contribution is 7.99. The minimum absolute atomic E-state index is 0.0950. The second-order valence-corrected chi connectivity index (χ2v) is 7.53. The number of ether oxygens (including phenoxy) is 3. The zero-order valence-electron chi connectivity index (χ0n) is 17.9. The molecule has 0 unspecified atom stereocenters. The van der Waals surface area contributed by atoms with Crippen molar-refractivity contribution in [3.8, 4) is 34.3 Å². The van der Waals surface area contributed by atoms with Crippen LogP contribution in [0.15, 0.2) is 41.6 Å². The zero-order valence-corrected chi connectivity index (χ0v) is 18.7. The number of para-hydroxylation sites is 1. The van der Waals surface area contributed by atoms with E-state index >= 15 is 0 Å². The van der Waals surface area contributed by atoms with E-state index < -0.39 is 5.82 Å². The van der Waals surface area contributed by atoms with Crippen LogP contribution in [0.4, 0.5) is 4.39 Å². The number of amides is 1. The van der Waals surface area contributed by atoms with Crippen molar-refractivity contribution in [3.05, 3.63) is 42.2 Å². The highest BCUT2D eigenvalue weighted by atomic mass is 32.2. The lowest BCUT2D eigenvalue weighted by Crippen LogP contribution is -2.23. The monoisotopic (exact) mass is 446 g/mol. The van der Waals surface area contributed by atoms with Gasteiger partial charge in [0.2, 0.25) is 11.7 Å². The summed E-state index contributed by atoms with van der Waals surface area (Å²) < 4.78 is 32.5. The highest BCUT2D eigenvalue weighted by Gasteiger charge is 2.22. The Morgan fingerprint density at radius 2 is 1.71 bits per heavy atom. The van der Waals surface area contributed by atoms with Crippen LogP contribution in [-0.2, 0) is 4.79 Å². The molecule has 0 aliphatic carbocycles. The molecular weight excluding hydrogens is 423 g/mol. The molecule has 0 fully saturated rings. The molecule has 0 saturated carbocycles. The maximum Gasteiger partial charge on any atom is 0.232 e. The highest BCUT2D eigenvalue weighted by Crippen LogP contribution is 2.41. The van der Waals surface area contributed by atoms with Gasteiger partial charge in [-0.3, -0.25) is 9.36 Å². The van der Waals surface area contributed by atoms with Gasteiger partial charge in [-0.2, -0.15) is 0 Å². The molecule has 0 N–H and O–H groups in total. The topological polar surface area (TPSA) is 78.7 Å². The number of thioether (sulfide) groups is 1. The average molecular weight is 447 g/mol. The van der Waals surface area contributed by atoms with Crippen molar-refractivity contribution >= 4 is 17.7 Å².